The lowest BCUT2D eigenvalue weighted by molar-refractivity contribution is 0.611. The number of hydrogen-bond donors (Lipinski definition) is 1. The van der Waals surface area contributed by atoms with Gasteiger partial charge in [-0.1, -0.05) is 11.6 Å². The summed E-state index contributed by atoms with van der Waals surface area (Å²) in [7, 11) is 0. The molecular weight excluding hydrogens is 225 g/mol. The fraction of sp³-hybridized carbons (Fsp3) is 0.538. The first-order valence-electron chi connectivity index (χ1n) is 5.92. The Morgan fingerprint density at radius 3 is 2.75 bits per heavy atom. The van der Waals surface area contributed by atoms with Crippen molar-refractivity contribution in [2.45, 2.75) is 38.1 Å². The quantitative estimate of drug-likeness (QED) is 0.751. The lowest BCUT2D eigenvalue weighted by atomic mass is 10.1. The van der Waals surface area contributed by atoms with Crippen LogP contribution >= 0.6 is 11.6 Å². The highest BCUT2D eigenvalue weighted by molar-refractivity contribution is 6.30. The molecule has 1 fully saturated rings. The minimum Gasteiger partial charge on any atom is -0.314 e. The van der Waals surface area contributed by atoms with Crippen LogP contribution in [0.2, 0.25) is 5.02 Å². The Bertz CT molecular complexity index is 330. The second-order valence-electron chi connectivity index (χ2n) is 4.46. The SMILES string of the molecule is Fc1cc(Cl)cc(CCCCNC2CC2)c1. The van der Waals surface area contributed by atoms with Gasteiger partial charge >= 0.3 is 0 Å². The largest absolute Gasteiger partial charge is 0.314 e. The van der Waals surface area contributed by atoms with E-state index in [0.29, 0.717) is 5.02 Å². The third-order valence-corrected chi connectivity index (χ3v) is 3.04. The van der Waals surface area contributed by atoms with E-state index in [0.717, 1.165) is 37.4 Å². The van der Waals surface area contributed by atoms with Crippen molar-refractivity contribution in [3.8, 4) is 0 Å². The summed E-state index contributed by atoms with van der Waals surface area (Å²) in [6.45, 7) is 1.08. The lowest BCUT2D eigenvalue weighted by Gasteiger charge is -2.04. The molecule has 2 rings (SSSR count). The zero-order valence-electron chi connectivity index (χ0n) is 9.31. The van der Waals surface area contributed by atoms with Crippen LogP contribution < -0.4 is 5.32 Å². The van der Waals surface area contributed by atoms with Crippen LogP contribution in [0.3, 0.4) is 0 Å². The highest BCUT2D eigenvalue weighted by Gasteiger charge is 2.19. The van der Waals surface area contributed by atoms with Crippen LogP contribution in [0.5, 0.6) is 0 Å². The van der Waals surface area contributed by atoms with Gasteiger partial charge in [-0.25, -0.2) is 4.39 Å². The van der Waals surface area contributed by atoms with E-state index in [1.165, 1.54) is 18.9 Å². The Balaban J connectivity index is 1.67. The molecule has 0 unspecified atom stereocenters. The number of nitrogens with one attached hydrogen (secondary N) is 1. The number of aryl methyl sites for hydroxylation is 1. The Labute approximate surface area is 101 Å². The van der Waals surface area contributed by atoms with Crippen molar-refractivity contribution >= 4 is 11.6 Å². The van der Waals surface area contributed by atoms with Crippen molar-refractivity contribution in [3.63, 3.8) is 0 Å². The number of hydrogen-bond acceptors (Lipinski definition) is 1. The molecule has 1 aliphatic rings. The Morgan fingerprint density at radius 1 is 1.25 bits per heavy atom. The molecule has 0 atom stereocenters. The smallest absolute Gasteiger partial charge is 0.124 e. The van der Waals surface area contributed by atoms with Crippen molar-refractivity contribution in [1.29, 1.82) is 0 Å². The van der Waals surface area contributed by atoms with E-state index < -0.39 is 0 Å². The Morgan fingerprint density at radius 2 is 2.06 bits per heavy atom. The van der Waals surface area contributed by atoms with Gasteiger partial charge in [-0.3, -0.25) is 0 Å². The van der Waals surface area contributed by atoms with E-state index in [1.807, 2.05) is 6.07 Å². The number of rotatable bonds is 6. The summed E-state index contributed by atoms with van der Waals surface area (Å²) in [5.41, 5.74) is 0.997. The summed E-state index contributed by atoms with van der Waals surface area (Å²) < 4.78 is 13.0. The maximum absolute atomic E-state index is 13.0. The standard InChI is InChI=1S/C13H17ClFN/c14-11-7-10(8-12(15)9-11)3-1-2-6-16-13-4-5-13/h7-9,13,16H,1-6H2. The molecular formula is C13H17ClFN. The van der Waals surface area contributed by atoms with Crippen LogP contribution in [0.1, 0.15) is 31.2 Å². The van der Waals surface area contributed by atoms with Gasteiger partial charge in [0.05, 0.1) is 0 Å². The second-order valence-corrected chi connectivity index (χ2v) is 4.90. The van der Waals surface area contributed by atoms with E-state index in [2.05, 4.69) is 5.32 Å². The fourth-order valence-corrected chi connectivity index (χ4v) is 2.05. The maximum atomic E-state index is 13.0. The van der Waals surface area contributed by atoms with Crippen LogP contribution in [0, 0.1) is 5.82 Å². The molecule has 1 N–H and O–H groups in total. The van der Waals surface area contributed by atoms with Gasteiger partial charge in [0, 0.05) is 11.1 Å². The molecule has 1 aliphatic carbocycles. The molecule has 0 aliphatic heterocycles. The third-order valence-electron chi connectivity index (χ3n) is 2.82. The van der Waals surface area contributed by atoms with Gasteiger partial charge in [0.25, 0.3) is 0 Å². The molecule has 1 saturated carbocycles. The van der Waals surface area contributed by atoms with Crippen LogP contribution in [0.25, 0.3) is 0 Å². The molecule has 0 heterocycles. The Kier molecular flexibility index (Phi) is 4.19. The van der Waals surface area contributed by atoms with Gasteiger partial charge in [0.1, 0.15) is 5.82 Å². The summed E-state index contributed by atoms with van der Waals surface area (Å²) in [6.07, 6.45) is 5.80. The van der Waals surface area contributed by atoms with Gasteiger partial charge in [-0.05, 0) is 62.4 Å². The zero-order valence-corrected chi connectivity index (χ0v) is 10.1. The van der Waals surface area contributed by atoms with Crippen LogP contribution in [-0.4, -0.2) is 12.6 Å². The average Bonchev–Trinajstić information content (AvgIpc) is 2.99. The van der Waals surface area contributed by atoms with Gasteiger partial charge in [-0.2, -0.15) is 0 Å². The van der Waals surface area contributed by atoms with Gasteiger partial charge in [0.2, 0.25) is 0 Å². The van der Waals surface area contributed by atoms with E-state index in [1.54, 1.807) is 6.07 Å². The molecule has 0 bridgehead atoms. The van der Waals surface area contributed by atoms with E-state index in [-0.39, 0.29) is 5.82 Å². The number of benzene rings is 1. The fourth-order valence-electron chi connectivity index (χ4n) is 1.80. The van der Waals surface area contributed by atoms with Crippen molar-refractivity contribution in [3.05, 3.63) is 34.6 Å². The molecule has 0 radical (unpaired) electrons. The first kappa shape index (κ1) is 11.9. The van der Waals surface area contributed by atoms with E-state index in [9.17, 15) is 4.39 Å². The van der Waals surface area contributed by atoms with Crippen LogP contribution in [0.15, 0.2) is 18.2 Å². The highest BCUT2D eigenvalue weighted by atomic mass is 35.5. The van der Waals surface area contributed by atoms with E-state index >= 15 is 0 Å². The summed E-state index contributed by atoms with van der Waals surface area (Å²) >= 11 is 5.79. The van der Waals surface area contributed by atoms with Crippen molar-refractivity contribution in [2.75, 3.05) is 6.54 Å². The lowest BCUT2D eigenvalue weighted by Crippen LogP contribution is -2.17. The molecule has 1 aromatic carbocycles. The minimum atomic E-state index is -0.237. The second kappa shape index (κ2) is 5.65. The van der Waals surface area contributed by atoms with E-state index in [4.69, 9.17) is 11.6 Å². The molecule has 0 aromatic heterocycles. The summed E-state index contributed by atoms with van der Waals surface area (Å²) in [5, 5.41) is 3.96. The van der Waals surface area contributed by atoms with Crippen LogP contribution in [0.4, 0.5) is 4.39 Å². The predicted molar refractivity (Wildman–Crippen MR) is 65.4 cm³/mol. The zero-order chi connectivity index (χ0) is 11.4. The molecule has 0 saturated heterocycles. The normalized spacial score (nSPS) is 15.4. The number of halogens is 2. The first-order chi connectivity index (χ1) is 7.74. The molecule has 1 nitrogen and oxygen atoms in total. The summed E-state index contributed by atoms with van der Waals surface area (Å²) in [5.74, 6) is -0.237. The average molecular weight is 242 g/mol. The topological polar surface area (TPSA) is 12.0 Å². The number of unbranched alkanes of at least 4 members (excludes halogenated alkanes) is 1. The maximum Gasteiger partial charge on any atom is 0.124 e. The van der Waals surface area contributed by atoms with Crippen molar-refractivity contribution < 1.29 is 4.39 Å². The van der Waals surface area contributed by atoms with Crippen molar-refractivity contribution in [2.24, 2.45) is 0 Å². The first-order valence-corrected chi connectivity index (χ1v) is 6.30. The molecule has 88 valence electrons. The molecule has 1 aromatic rings. The summed E-state index contributed by atoms with van der Waals surface area (Å²) in [4.78, 5) is 0. The Hall–Kier alpha value is -0.600. The van der Waals surface area contributed by atoms with Gasteiger partial charge < -0.3 is 5.32 Å². The van der Waals surface area contributed by atoms with Gasteiger partial charge in [0.15, 0.2) is 0 Å². The monoisotopic (exact) mass is 241 g/mol. The molecule has 3 heteroatoms. The molecule has 0 amide bonds. The van der Waals surface area contributed by atoms with Crippen LogP contribution in [-0.2, 0) is 6.42 Å². The predicted octanol–water partition coefficient (Wildman–Crippen LogP) is 3.55. The highest BCUT2D eigenvalue weighted by Crippen LogP contribution is 2.19. The molecule has 16 heavy (non-hydrogen) atoms. The molecule has 0 spiro atoms. The minimum absolute atomic E-state index is 0.237. The third kappa shape index (κ3) is 4.11. The van der Waals surface area contributed by atoms with Crippen molar-refractivity contribution in [1.82, 2.24) is 5.32 Å². The van der Waals surface area contributed by atoms with Gasteiger partial charge in [-0.15, -0.1) is 0 Å². The summed E-state index contributed by atoms with van der Waals surface area (Å²) in [6, 6.07) is 5.54.